The van der Waals surface area contributed by atoms with Gasteiger partial charge in [0.1, 0.15) is 12.7 Å². The summed E-state index contributed by atoms with van der Waals surface area (Å²) in [5.74, 6) is -0.0310. The van der Waals surface area contributed by atoms with Gasteiger partial charge in [-0.05, 0) is 17.7 Å². The Bertz CT molecular complexity index is 565. The highest BCUT2D eigenvalue weighted by molar-refractivity contribution is 5.96. The van der Waals surface area contributed by atoms with Crippen LogP contribution in [-0.4, -0.2) is 38.4 Å². The standard InChI is InChI=1S/C13H14N4O2/c18-12-5-13(19)17(7-12)11-3-1-10(2-4-11)6-16-9-14-8-15-16/h1-4,8-9,12,18H,5-7H2. The van der Waals surface area contributed by atoms with Crippen LogP contribution < -0.4 is 4.90 Å². The van der Waals surface area contributed by atoms with Gasteiger partial charge in [0.25, 0.3) is 0 Å². The topological polar surface area (TPSA) is 71.2 Å². The Morgan fingerprint density at radius 3 is 2.68 bits per heavy atom. The second-order valence-corrected chi connectivity index (χ2v) is 4.62. The van der Waals surface area contributed by atoms with Crippen molar-refractivity contribution in [3.63, 3.8) is 0 Å². The number of anilines is 1. The molecule has 2 aromatic rings. The first-order valence-electron chi connectivity index (χ1n) is 6.12. The highest BCUT2D eigenvalue weighted by atomic mass is 16.3. The molecule has 0 bridgehead atoms. The second-order valence-electron chi connectivity index (χ2n) is 4.62. The molecule has 1 aliphatic heterocycles. The van der Waals surface area contributed by atoms with Crippen LogP contribution in [-0.2, 0) is 11.3 Å². The normalized spacial score (nSPS) is 19.1. The Morgan fingerprint density at radius 2 is 2.11 bits per heavy atom. The molecule has 6 nitrogen and oxygen atoms in total. The van der Waals surface area contributed by atoms with Crippen LogP contribution in [0.4, 0.5) is 5.69 Å². The van der Waals surface area contributed by atoms with Crippen LogP contribution in [0, 0.1) is 0 Å². The lowest BCUT2D eigenvalue weighted by molar-refractivity contribution is -0.117. The average molecular weight is 258 g/mol. The number of β-amino-alcohol motifs (C(OH)–C–C–N with tert-alkyl or cyclic N) is 1. The van der Waals surface area contributed by atoms with Crippen molar-refractivity contribution in [2.24, 2.45) is 0 Å². The number of carbonyl (C=O) groups is 1. The first-order valence-corrected chi connectivity index (χ1v) is 6.12. The first-order chi connectivity index (χ1) is 9.22. The van der Waals surface area contributed by atoms with E-state index in [0.717, 1.165) is 11.3 Å². The third-order valence-electron chi connectivity index (χ3n) is 3.16. The van der Waals surface area contributed by atoms with Gasteiger partial charge in [-0.25, -0.2) is 9.67 Å². The predicted molar refractivity (Wildman–Crippen MR) is 68.5 cm³/mol. The Hall–Kier alpha value is -2.21. The maximum Gasteiger partial charge on any atom is 0.229 e. The summed E-state index contributed by atoms with van der Waals surface area (Å²) in [6, 6.07) is 7.69. The number of amides is 1. The van der Waals surface area contributed by atoms with Crippen molar-refractivity contribution < 1.29 is 9.90 Å². The van der Waals surface area contributed by atoms with Gasteiger partial charge in [0.2, 0.25) is 5.91 Å². The summed E-state index contributed by atoms with van der Waals surface area (Å²) in [4.78, 5) is 17.2. The molecule has 19 heavy (non-hydrogen) atoms. The fourth-order valence-electron chi connectivity index (χ4n) is 2.22. The molecule has 1 atom stereocenters. The minimum atomic E-state index is -0.553. The van der Waals surface area contributed by atoms with Gasteiger partial charge in [-0.2, -0.15) is 5.10 Å². The summed E-state index contributed by atoms with van der Waals surface area (Å²) in [5.41, 5.74) is 1.91. The summed E-state index contributed by atoms with van der Waals surface area (Å²) in [6.07, 6.45) is 2.82. The predicted octanol–water partition coefficient (Wildman–Crippen LogP) is 0.424. The van der Waals surface area contributed by atoms with Crippen molar-refractivity contribution in [2.45, 2.75) is 19.1 Å². The Kier molecular flexibility index (Phi) is 3.00. The molecular weight excluding hydrogens is 244 g/mol. The summed E-state index contributed by atoms with van der Waals surface area (Å²) in [6.45, 7) is 1.03. The number of hydrogen-bond donors (Lipinski definition) is 1. The van der Waals surface area contributed by atoms with Gasteiger partial charge in [-0.15, -0.1) is 0 Å². The van der Waals surface area contributed by atoms with Crippen molar-refractivity contribution >= 4 is 11.6 Å². The van der Waals surface area contributed by atoms with E-state index in [1.807, 2.05) is 24.3 Å². The van der Waals surface area contributed by atoms with E-state index in [1.165, 1.54) is 6.33 Å². The minimum Gasteiger partial charge on any atom is -0.391 e. The Labute approximate surface area is 110 Å². The van der Waals surface area contributed by atoms with Crippen molar-refractivity contribution in [2.75, 3.05) is 11.4 Å². The molecule has 3 rings (SSSR count). The molecule has 6 heteroatoms. The van der Waals surface area contributed by atoms with Gasteiger partial charge in [-0.1, -0.05) is 12.1 Å². The fraction of sp³-hybridized carbons (Fsp3) is 0.308. The molecule has 1 saturated heterocycles. The van der Waals surface area contributed by atoms with Crippen molar-refractivity contribution in [3.05, 3.63) is 42.5 Å². The monoisotopic (exact) mass is 258 g/mol. The highest BCUT2D eigenvalue weighted by Gasteiger charge is 2.28. The number of nitrogens with zero attached hydrogens (tertiary/aromatic N) is 4. The molecule has 1 aromatic carbocycles. The number of carbonyl (C=O) groups excluding carboxylic acids is 1. The molecule has 0 spiro atoms. The number of aliphatic hydroxyl groups excluding tert-OH is 1. The molecule has 1 N–H and O–H groups in total. The molecule has 0 aliphatic carbocycles. The van der Waals surface area contributed by atoms with E-state index in [-0.39, 0.29) is 12.3 Å². The van der Waals surface area contributed by atoms with Gasteiger partial charge in [-0.3, -0.25) is 4.79 Å². The Balaban J connectivity index is 1.74. The smallest absolute Gasteiger partial charge is 0.229 e. The molecule has 1 fully saturated rings. The van der Waals surface area contributed by atoms with Crippen LogP contribution in [0.25, 0.3) is 0 Å². The zero-order valence-electron chi connectivity index (χ0n) is 10.3. The molecule has 1 unspecified atom stereocenters. The summed E-state index contributed by atoms with van der Waals surface area (Å²) in [7, 11) is 0. The first kappa shape index (κ1) is 11.9. The number of aromatic nitrogens is 3. The lowest BCUT2D eigenvalue weighted by Gasteiger charge is -2.16. The molecule has 0 radical (unpaired) electrons. The van der Waals surface area contributed by atoms with Crippen LogP contribution in [0.3, 0.4) is 0 Å². The average Bonchev–Trinajstić information content (AvgIpc) is 3.00. The van der Waals surface area contributed by atoms with Gasteiger partial charge >= 0.3 is 0 Å². The maximum absolute atomic E-state index is 11.7. The molecule has 1 aliphatic rings. The number of aliphatic hydroxyl groups is 1. The van der Waals surface area contributed by atoms with Crippen LogP contribution in [0.5, 0.6) is 0 Å². The van der Waals surface area contributed by atoms with Crippen LogP contribution >= 0.6 is 0 Å². The molecule has 1 aromatic heterocycles. The molecular formula is C13H14N4O2. The quantitative estimate of drug-likeness (QED) is 0.866. The van der Waals surface area contributed by atoms with E-state index in [2.05, 4.69) is 10.1 Å². The Morgan fingerprint density at radius 1 is 1.32 bits per heavy atom. The highest BCUT2D eigenvalue weighted by Crippen LogP contribution is 2.22. The lowest BCUT2D eigenvalue weighted by atomic mass is 10.2. The van der Waals surface area contributed by atoms with Crippen molar-refractivity contribution in [3.8, 4) is 0 Å². The number of rotatable bonds is 3. The molecule has 2 heterocycles. The minimum absolute atomic E-state index is 0.0310. The van der Waals surface area contributed by atoms with Gasteiger partial charge in [0, 0.05) is 5.69 Å². The maximum atomic E-state index is 11.7. The zero-order valence-corrected chi connectivity index (χ0v) is 10.3. The summed E-state index contributed by atoms with van der Waals surface area (Å²) in [5, 5.41) is 13.5. The van der Waals surface area contributed by atoms with E-state index < -0.39 is 6.10 Å². The summed E-state index contributed by atoms with van der Waals surface area (Å²) < 4.78 is 1.74. The van der Waals surface area contributed by atoms with Gasteiger partial charge < -0.3 is 10.0 Å². The van der Waals surface area contributed by atoms with Crippen LogP contribution in [0.2, 0.25) is 0 Å². The number of benzene rings is 1. The molecule has 1 amide bonds. The third kappa shape index (κ3) is 2.48. The third-order valence-corrected chi connectivity index (χ3v) is 3.16. The zero-order chi connectivity index (χ0) is 13.2. The van der Waals surface area contributed by atoms with Gasteiger partial charge in [0.05, 0.1) is 25.6 Å². The van der Waals surface area contributed by atoms with E-state index in [4.69, 9.17) is 0 Å². The number of hydrogen-bond acceptors (Lipinski definition) is 4. The SMILES string of the molecule is O=C1CC(O)CN1c1ccc(Cn2cncn2)cc1. The lowest BCUT2D eigenvalue weighted by Crippen LogP contribution is -2.25. The van der Waals surface area contributed by atoms with Gasteiger partial charge in [0.15, 0.2) is 0 Å². The van der Waals surface area contributed by atoms with E-state index >= 15 is 0 Å². The largest absolute Gasteiger partial charge is 0.391 e. The van der Waals surface area contributed by atoms with E-state index in [1.54, 1.807) is 15.9 Å². The van der Waals surface area contributed by atoms with Crippen molar-refractivity contribution in [1.82, 2.24) is 14.8 Å². The molecule has 98 valence electrons. The molecule has 0 saturated carbocycles. The van der Waals surface area contributed by atoms with Crippen LogP contribution in [0.1, 0.15) is 12.0 Å². The fourth-order valence-corrected chi connectivity index (χ4v) is 2.22. The second kappa shape index (κ2) is 4.81. The van der Waals surface area contributed by atoms with Crippen LogP contribution in [0.15, 0.2) is 36.9 Å². The van der Waals surface area contributed by atoms with Crippen molar-refractivity contribution in [1.29, 1.82) is 0 Å². The summed E-state index contributed by atoms with van der Waals surface area (Å²) >= 11 is 0. The van der Waals surface area contributed by atoms with E-state index in [9.17, 15) is 9.90 Å². The van der Waals surface area contributed by atoms with E-state index in [0.29, 0.717) is 13.1 Å².